The summed E-state index contributed by atoms with van der Waals surface area (Å²) in [5.74, 6) is -0.415. The first kappa shape index (κ1) is 36.9. The topological polar surface area (TPSA) is 147 Å². The molecule has 45 heavy (non-hydrogen) atoms. The summed E-state index contributed by atoms with van der Waals surface area (Å²) in [6.07, 6.45) is -0.277. The first-order chi connectivity index (χ1) is 21.0. The van der Waals surface area contributed by atoms with Gasteiger partial charge in [-0.3, -0.25) is 14.4 Å². The van der Waals surface area contributed by atoms with E-state index in [2.05, 4.69) is 10.6 Å². The number of aliphatic carboxylic acids is 1. The fourth-order valence-corrected chi connectivity index (χ4v) is 4.36. The van der Waals surface area contributed by atoms with Gasteiger partial charge >= 0.3 is 41.6 Å². The number of hydrogen-bond donors (Lipinski definition) is 3. The van der Waals surface area contributed by atoms with Gasteiger partial charge in [0.1, 0.15) is 5.75 Å². The van der Waals surface area contributed by atoms with Gasteiger partial charge in [-0.2, -0.15) is 0 Å². The first-order valence-electron chi connectivity index (χ1n) is 13.8. The van der Waals surface area contributed by atoms with Crippen molar-refractivity contribution in [2.45, 2.75) is 26.3 Å². The Morgan fingerprint density at radius 3 is 2.04 bits per heavy atom. The van der Waals surface area contributed by atoms with E-state index in [1.807, 2.05) is 25.1 Å². The van der Waals surface area contributed by atoms with E-state index in [1.165, 1.54) is 38.2 Å². The third-order valence-corrected chi connectivity index (χ3v) is 6.83. The van der Waals surface area contributed by atoms with Crippen molar-refractivity contribution in [3.8, 4) is 17.2 Å². The number of methoxy groups -OCH3 is 3. The molecule has 0 aliphatic carbocycles. The number of carbonyl (C=O) groups excluding carboxylic acids is 3. The summed E-state index contributed by atoms with van der Waals surface area (Å²) in [5, 5.41) is 14.8. The molecule has 3 N–H and O–H groups in total. The van der Waals surface area contributed by atoms with E-state index >= 15 is 0 Å². The van der Waals surface area contributed by atoms with E-state index in [9.17, 15) is 24.3 Å². The van der Waals surface area contributed by atoms with E-state index in [0.29, 0.717) is 39.8 Å². The summed E-state index contributed by atoms with van der Waals surface area (Å²) in [4.78, 5) is 52.8. The van der Waals surface area contributed by atoms with Crippen molar-refractivity contribution in [1.29, 1.82) is 0 Å². The summed E-state index contributed by atoms with van der Waals surface area (Å²) in [7, 11) is 5.98. The van der Waals surface area contributed by atoms with Crippen molar-refractivity contribution in [2.75, 3.05) is 52.1 Å². The molecule has 13 heteroatoms. The molecule has 0 radical (unpaired) electrons. The van der Waals surface area contributed by atoms with Crippen LogP contribution >= 0.6 is 0 Å². The van der Waals surface area contributed by atoms with Crippen LogP contribution in [0.1, 0.15) is 23.1 Å². The fourth-order valence-electron chi connectivity index (χ4n) is 4.36. The zero-order valence-corrected chi connectivity index (χ0v) is 25.5. The zero-order valence-electron chi connectivity index (χ0n) is 25.5. The summed E-state index contributed by atoms with van der Waals surface area (Å²) < 4.78 is 16.0. The molecule has 3 aromatic rings. The number of rotatable bonds is 14. The Kier molecular flexibility index (Phi) is 14.7. The Balaban J connectivity index is 0.00000705. The predicted octanol–water partition coefficient (Wildman–Crippen LogP) is 3.52. The van der Waals surface area contributed by atoms with Crippen LogP contribution in [0.15, 0.2) is 60.7 Å². The molecular formula is C32H39N4NaO8. The molecule has 12 nitrogen and oxygen atoms in total. The Hall–Kier alpha value is -4.26. The molecule has 3 rings (SSSR count). The number of urea groups is 1. The number of hydrogen-bond acceptors (Lipinski definition) is 7. The third-order valence-electron chi connectivity index (χ3n) is 6.83. The number of carboxylic acids is 1. The summed E-state index contributed by atoms with van der Waals surface area (Å²) in [6.45, 7) is 1.73. The average molecular weight is 631 g/mol. The molecule has 0 aliphatic heterocycles. The summed E-state index contributed by atoms with van der Waals surface area (Å²) >= 11 is 0. The monoisotopic (exact) mass is 630 g/mol. The molecule has 0 spiro atoms. The number of ether oxygens (including phenoxy) is 3. The molecule has 0 aliphatic rings. The molecule has 4 amide bonds. The van der Waals surface area contributed by atoms with Gasteiger partial charge in [-0.25, -0.2) is 4.79 Å². The van der Waals surface area contributed by atoms with Gasteiger partial charge in [-0.05, 0) is 53.9 Å². The van der Waals surface area contributed by atoms with Crippen LogP contribution < -0.4 is 24.8 Å². The van der Waals surface area contributed by atoms with Crippen LogP contribution in [0.3, 0.4) is 0 Å². The quantitative estimate of drug-likeness (QED) is 0.230. The van der Waals surface area contributed by atoms with Crippen molar-refractivity contribution >= 4 is 64.7 Å². The Morgan fingerprint density at radius 2 is 1.40 bits per heavy atom. The van der Waals surface area contributed by atoms with Gasteiger partial charge in [-0.1, -0.05) is 30.3 Å². The standard InChI is InChI=1S/C32H38N4O8.Na.H/c1-21-8-6-7-9-24(21)33-32(41)34-25-12-10-22(16-27(25)43-4)18-29(37)35(2)20-30(38)36(15-14-31(39)40)19-23-11-13-26(42-3)28(17-23)44-5;;/h6-13,16-17H,14-15,18-20H2,1-5H3,(H,39,40)(H2,33,34,41);;. The molecule has 0 aromatic heterocycles. The van der Waals surface area contributed by atoms with E-state index in [-0.39, 0.29) is 67.9 Å². The minimum absolute atomic E-state index is 0. The molecule has 0 saturated carbocycles. The maximum absolute atomic E-state index is 13.2. The van der Waals surface area contributed by atoms with E-state index in [4.69, 9.17) is 14.2 Å². The average Bonchev–Trinajstić information content (AvgIpc) is 3.00. The number of para-hydroxylation sites is 1. The molecule has 0 saturated heterocycles. The fraction of sp³-hybridized carbons (Fsp3) is 0.312. The number of aryl methyl sites for hydroxylation is 1. The van der Waals surface area contributed by atoms with Crippen LogP contribution in [0.4, 0.5) is 16.2 Å². The van der Waals surface area contributed by atoms with Gasteiger partial charge in [0.2, 0.25) is 11.8 Å². The van der Waals surface area contributed by atoms with Crippen molar-refractivity contribution in [3.05, 3.63) is 77.4 Å². The second kappa shape index (κ2) is 17.9. The molecule has 0 bridgehead atoms. The van der Waals surface area contributed by atoms with Crippen LogP contribution in [0, 0.1) is 6.92 Å². The number of nitrogens with zero attached hydrogens (tertiary/aromatic N) is 2. The van der Waals surface area contributed by atoms with Crippen molar-refractivity contribution in [3.63, 3.8) is 0 Å². The van der Waals surface area contributed by atoms with Crippen LogP contribution in [-0.4, -0.2) is 110 Å². The Morgan fingerprint density at radius 1 is 0.778 bits per heavy atom. The van der Waals surface area contributed by atoms with Gasteiger partial charge in [0, 0.05) is 25.8 Å². The first-order valence-corrected chi connectivity index (χ1v) is 13.8. The number of likely N-dealkylation sites (N-methyl/N-ethyl adjacent to an activating group) is 1. The zero-order chi connectivity index (χ0) is 32.2. The van der Waals surface area contributed by atoms with Gasteiger partial charge in [0.15, 0.2) is 11.5 Å². The van der Waals surface area contributed by atoms with Gasteiger partial charge in [0.25, 0.3) is 0 Å². The normalized spacial score (nSPS) is 10.2. The van der Waals surface area contributed by atoms with Crippen molar-refractivity contribution in [2.24, 2.45) is 0 Å². The second-order valence-electron chi connectivity index (χ2n) is 10.0. The maximum atomic E-state index is 13.2. The number of nitrogens with one attached hydrogen (secondary N) is 2. The SMILES string of the molecule is COc1cc(CC(=O)N(C)CC(=O)N(CCC(=O)O)Cc2ccc(OC)c(OC)c2)ccc1NC(=O)Nc1ccccc1C.[NaH]. The predicted molar refractivity (Wildman–Crippen MR) is 173 cm³/mol. The molecule has 3 aromatic carbocycles. The summed E-state index contributed by atoms with van der Waals surface area (Å²) in [6, 6.07) is 17.1. The molecule has 236 valence electrons. The van der Waals surface area contributed by atoms with E-state index in [0.717, 1.165) is 5.56 Å². The minimum atomic E-state index is -1.04. The Labute approximate surface area is 284 Å². The molecule has 0 fully saturated rings. The van der Waals surface area contributed by atoms with Gasteiger partial charge in [0.05, 0.1) is 46.4 Å². The van der Waals surface area contributed by atoms with Crippen LogP contribution in [0.5, 0.6) is 17.2 Å². The van der Waals surface area contributed by atoms with Gasteiger partial charge in [-0.15, -0.1) is 0 Å². The van der Waals surface area contributed by atoms with Crippen molar-refractivity contribution < 1.29 is 38.5 Å². The van der Waals surface area contributed by atoms with Crippen LogP contribution in [0.25, 0.3) is 0 Å². The number of benzene rings is 3. The number of anilines is 2. The van der Waals surface area contributed by atoms with Crippen molar-refractivity contribution in [1.82, 2.24) is 9.80 Å². The number of carboxylic acid groups (broad SMARTS) is 1. The third kappa shape index (κ3) is 11.0. The summed E-state index contributed by atoms with van der Waals surface area (Å²) in [5.41, 5.74) is 3.33. The molecular weight excluding hydrogens is 591 g/mol. The number of amides is 4. The molecule has 0 heterocycles. The van der Waals surface area contributed by atoms with E-state index < -0.39 is 17.9 Å². The van der Waals surface area contributed by atoms with E-state index in [1.54, 1.807) is 42.5 Å². The molecule has 0 unspecified atom stereocenters. The van der Waals surface area contributed by atoms with Crippen LogP contribution in [-0.2, 0) is 27.3 Å². The second-order valence-corrected chi connectivity index (χ2v) is 10.0. The van der Waals surface area contributed by atoms with Gasteiger partial charge < -0.3 is 39.8 Å². The van der Waals surface area contributed by atoms with Crippen LogP contribution in [0.2, 0.25) is 0 Å². The Bertz CT molecular complexity index is 1500. The number of carbonyl (C=O) groups is 4. The molecule has 0 atom stereocenters.